The van der Waals surface area contributed by atoms with Gasteiger partial charge in [0.05, 0.1) is 18.8 Å². The minimum Gasteiger partial charge on any atom is -0.381 e. The molecule has 2 atom stereocenters. The molecule has 0 radical (unpaired) electrons. The normalized spacial score (nSPS) is 27.7. The van der Waals surface area contributed by atoms with Gasteiger partial charge in [0, 0.05) is 38.4 Å². The fourth-order valence-corrected chi connectivity index (χ4v) is 3.47. The lowest BCUT2D eigenvalue weighted by Crippen LogP contribution is -2.41. The molecule has 23 heavy (non-hydrogen) atoms. The van der Waals surface area contributed by atoms with E-state index in [0.29, 0.717) is 25.7 Å². The maximum absolute atomic E-state index is 12.8. The van der Waals surface area contributed by atoms with Crippen LogP contribution >= 0.6 is 0 Å². The van der Waals surface area contributed by atoms with E-state index in [-0.39, 0.29) is 12.0 Å². The second kappa shape index (κ2) is 6.61. The zero-order chi connectivity index (χ0) is 15.6. The van der Waals surface area contributed by atoms with Crippen molar-refractivity contribution in [2.45, 2.75) is 44.9 Å². The third-order valence-electron chi connectivity index (χ3n) is 4.99. The maximum Gasteiger partial charge on any atom is 0.252 e. The number of ether oxygens (including phenoxy) is 2. The SMILES string of the molecule is O=C(C1CCCO1)N1Cc2ccnn2CC(COCC2CC2)C1. The molecule has 1 saturated carbocycles. The molecule has 0 bridgehead atoms. The van der Waals surface area contributed by atoms with Gasteiger partial charge in [0.15, 0.2) is 0 Å². The average Bonchev–Trinajstić information content (AvgIpc) is 3.07. The van der Waals surface area contributed by atoms with E-state index in [9.17, 15) is 4.79 Å². The predicted molar refractivity (Wildman–Crippen MR) is 83.7 cm³/mol. The van der Waals surface area contributed by atoms with Crippen LogP contribution in [0.25, 0.3) is 0 Å². The molecule has 1 aliphatic carbocycles. The van der Waals surface area contributed by atoms with E-state index in [1.54, 1.807) is 0 Å². The quantitative estimate of drug-likeness (QED) is 0.824. The van der Waals surface area contributed by atoms with Crippen LogP contribution in [0, 0.1) is 11.8 Å². The van der Waals surface area contributed by atoms with Crippen molar-refractivity contribution < 1.29 is 14.3 Å². The third kappa shape index (κ3) is 3.58. The third-order valence-corrected chi connectivity index (χ3v) is 4.99. The first-order valence-electron chi connectivity index (χ1n) is 8.78. The molecule has 2 unspecified atom stereocenters. The summed E-state index contributed by atoms with van der Waals surface area (Å²) in [6.07, 6.45) is 6.00. The van der Waals surface area contributed by atoms with Gasteiger partial charge in [0.25, 0.3) is 5.91 Å². The zero-order valence-corrected chi connectivity index (χ0v) is 13.5. The standard InChI is InChI=1S/C17H25N3O3/c21-17(16-2-1-7-23-16)19-8-14(12-22-11-13-3-4-13)9-20-15(10-19)5-6-18-20/h5-6,13-14,16H,1-4,7-12H2. The zero-order valence-electron chi connectivity index (χ0n) is 13.5. The van der Waals surface area contributed by atoms with Crippen LogP contribution in [0.2, 0.25) is 0 Å². The summed E-state index contributed by atoms with van der Waals surface area (Å²) in [5, 5.41) is 4.41. The molecule has 0 aromatic carbocycles. The molecule has 6 nitrogen and oxygen atoms in total. The van der Waals surface area contributed by atoms with Crippen LogP contribution in [-0.2, 0) is 27.4 Å². The lowest BCUT2D eigenvalue weighted by molar-refractivity contribution is -0.142. The number of aromatic nitrogens is 2. The Labute approximate surface area is 136 Å². The summed E-state index contributed by atoms with van der Waals surface area (Å²) in [6, 6.07) is 2.00. The van der Waals surface area contributed by atoms with Gasteiger partial charge >= 0.3 is 0 Å². The van der Waals surface area contributed by atoms with Crippen molar-refractivity contribution in [2.24, 2.45) is 11.8 Å². The van der Waals surface area contributed by atoms with Crippen molar-refractivity contribution in [3.63, 3.8) is 0 Å². The fraction of sp³-hybridized carbons (Fsp3) is 0.765. The Hall–Kier alpha value is -1.40. The van der Waals surface area contributed by atoms with Crippen LogP contribution in [0.15, 0.2) is 12.3 Å². The summed E-state index contributed by atoms with van der Waals surface area (Å²) in [6.45, 7) is 4.44. The minimum atomic E-state index is -0.252. The smallest absolute Gasteiger partial charge is 0.252 e. The van der Waals surface area contributed by atoms with Gasteiger partial charge in [0.2, 0.25) is 0 Å². The highest BCUT2D eigenvalue weighted by molar-refractivity contribution is 5.81. The Morgan fingerprint density at radius 1 is 1.26 bits per heavy atom. The van der Waals surface area contributed by atoms with E-state index in [0.717, 1.165) is 44.1 Å². The van der Waals surface area contributed by atoms with Crippen molar-refractivity contribution in [1.29, 1.82) is 0 Å². The molecule has 126 valence electrons. The van der Waals surface area contributed by atoms with Crippen LogP contribution in [0.1, 0.15) is 31.4 Å². The van der Waals surface area contributed by atoms with Crippen molar-refractivity contribution >= 4 is 5.91 Å². The topological polar surface area (TPSA) is 56.6 Å². The van der Waals surface area contributed by atoms with Crippen molar-refractivity contribution in [3.05, 3.63) is 18.0 Å². The summed E-state index contributed by atoms with van der Waals surface area (Å²) in [5.74, 6) is 1.19. The first-order valence-corrected chi connectivity index (χ1v) is 8.78. The second-order valence-electron chi connectivity index (χ2n) is 7.07. The Kier molecular flexibility index (Phi) is 4.35. The molecular weight excluding hydrogens is 294 g/mol. The number of nitrogens with zero attached hydrogens (tertiary/aromatic N) is 3. The summed E-state index contributed by atoms with van der Waals surface area (Å²) >= 11 is 0. The lowest BCUT2D eigenvalue weighted by atomic mass is 10.1. The molecular formula is C17H25N3O3. The first kappa shape index (κ1) is 15.1. The number of amides is 1. The van der Waals surface area contributed by atoms with Gasteiger partial charge in [-0.25, -0.2) is 0 Å². The Morgan fingerprint density at radius 2 is 2.13 bits per heavy atom. The van der Waals surface area contributed by atoms with Gasteiger partial charge in [-0.2, -0.15) is 5.10 Å². The van der Waals surface area contributed by atoms with E-state index >= 15 is 0 Å². The van der Waals surface area contributed by atoms with E-state index in [2.05, 4.69) is 5.10 Å². The first-order chi connectivity index (χ1) is 11.3. The summed E-state index contributed by atoms with van der Waals surface area (Å²) < 4.78 is 13.5. The molecule has 6 heteroatoms. The Bertz CT molecular complexity index is 549. The predicted octanol–water partition coefficient (Wildman–Crippen LogP) is 1.45. The molecule has 1 aromatic rings. The average molecular weight is 319 g/mol. The van der Waals surface area contributed by atoms with Crippen LogP contribution in [0.3, 0.4) is 0 Å². The summed E-state index contributed by atoms with van der Waals surface area (Å²) in [5.41, 5.74) is 1.10. The van der Waals surface area contributed by atoms with Crippen LogP contribution in [-0.4, -0.2) is 53.1 Å². The Morgan fingerprint density at radius 3 is 2.91 bits per heavy atom. The summed E-state index contributed by atoms with van der Waals surface area (Å²) in [4.78, 5) is 14.7. The van der Waals surface area contributed by atoms with Crippen LogP contribution < -0.4 is 0 Å². The molecule has 1 saturated heterocycles. The van der Waals surface area contributed by atoms with E-state index in [1.807, 2.05) is 21.8 Å². The second-order valence-corrected chi connectivity index (χ2v) is 7.07. The van der Waals surface area contributed by atoms with Gasteiger partial charge in [-0.15, -0.1) is 0 Å². The van der Waals surface area contributed by atoms with E-state index < -0.39 is 0 Å². The lowest BCUT2D eigenvalue weighted by Gasteiger charge is -2.26. The number of hydrogen-bond acceptors (Lipinski definition) is 4. The highest BCUT2D eigenvalue weighted by atomic mass is 16.5. The van der Waals surface area contributed by atoms with Gasteiger partial charge in [-0.1, -0.05) is 0 Å². The van der Waals surface area contributed by atoms with Gasteiger partial charge in [0.1, 0.15) is 6.10 Å². The number of carbonyl (C=O) groups is 1. The largest absolute Gasteiger partial charge is 0.381 e. The van der Waals surface area contributed by atoms with Crippen molar-refractivity contribution in [1.82, 2.24) is 14.7 Å². The molecule has 0 spiro atoms. The van der Waals surface area contributed by atoms with Crippen LogP contribution in [0.4, 0.5) is 0 Å². The summed E-state index contributed by atoms with van der Waals surface area (Å²) in [7, 11) is 0. The highest BCUT2D eigenvalue weighted by Gasteiger charge is 2.32. The number of rotatable bonds is 5. The fourth-order valence-electron chi connectivity index (χ4n) is 3.47. The number of carbonyl (C=O) groups excluding carboxylic acids is 1. The molecule has 2 aliphatic heterocycles. The number of fused-ring (bicyclic) bond motifs is 1. The van der Waals surface area contributed by atoms with Crippen molar-refractivity contribution in [2.75, 3.05) is 26.4 Å². The molecule has 4 rings (SSSR count). The monoisotopic (exact) mass is 319 g/mol. The number of hydrogen-bond donors (Lipinski definition) is 0. The van der Waals surface area contributed by atoms with Gasteiger partial charge < -0.3 is 14.4 Å². The van der Waals surface area contributed by atoms with Crippen LogP contribution in [0.5, 0.6) is 0 Å². The van der Waals surface area contributed by atoms with Gasteiger partial charge in [-0.3, -0.25) is 9.48 Å². The highest BCUT2D eigenvalue weighted by Crippen LogP contribution is 2.29. The molecule has 1 amide bonds. The molecule has 0 N–H and O–H groups in total. The maximum atomic E-state index is 12.8. The molecule has 1 aromatic heterocycles. The minimum absolute atomic E-state index is 0.129. The van der Waals surface area contributed by atoms with E-state index in [1.165, 1.54) is 12.8 Å². The van der Waals surface area contributed by atoms with E-state index in [4.69, 9.17) is 9.47 Å². The van der Waals surface area contributed by atoms with Gasteiger partial charge in [-0.05, 0) is 37.7 Å². The van der Waals surface area contributed by atoms with Crippen molar-refractivity contribution in [3.8, 4) is 0 Å². The molecule has 3 aliphatic rings. The Balaban J connectivity index is 1.43. The molecule has 2 fully saturated rings. The molecule has 3 heterocycles.